The molecule has 0 unspecified atom stereocenters. The number of fused-ring (bicyclic) bond motifs is 1. The number of anilines is 1. The quantitative estimate of drug-likeness (QED) is 0.787. The van der Waals surface area contributed by atoms with Gasteiger partial charge in [-0.2, -0.15) is 0 Å². The average molecular weight is 345 g/mol. The van der Waals surface area contributed by atoms with Gasteiger partial charge in [0.15, 0.2) is 0 Å². The number of pyridine rings is 1. The van der Waals surface area contributed by atoms with Gasteiger partial charge in [0, 0.05) is 31.7 Å². The first-order valence-corrected chi connectivity index (χ1v) is 8.61. The molecule has 0 atom stereocenters. The molecule has 6 heteroatoms. The maximum Gasteiger partial charge on any atom is 0.257 e. The molecule has 4 rings (SSSR count). The number of hydrogen-bond acceptors (Lipinski definition) is 5. The van der Waals surface area contributed by atoms with Crippen LogP contribution in [0.2, 0.25) is 0 Å². The van der Waals surface area contributed by atoms with Crippen LogP contribution in [0, 0.1) is 0 Å². The Labute approximate surface area is 151 Å². The summed E-state index contributed by atoms with van der Waals surface area (Å²) in [5, 5.41) is 3.11. The number of hydrogen-bond donors (Lipinski definition) is 1. The van der Waals surface area contributed by atoms with Gasteiger partial charge in [-0.1, -0.05) is 30.3 Å². The number of carbonyl (C=O) groups excluding carboxylic acids is 1. The molecule has 1 aromatic carbocycles. The maximum atomic E-state index is 12.7. The molecular formula is C20H19N5O. The van der Waals surface area contributed by atoms with Gasteiger partial charge in [0.05, 0.1) is 17.8 Å². The zero-order valence-corrected chi connectivity index (χ0v) is 14.3. The second-order valence-corrected chi connectivity index (χ2v) is 6.22. The minimum absolute atomic E-state index is 0.0317. The molecule has 0 bridgehead atoms. The Kier molecular flexibility index (Phi) is 4.55. The summed E-state index contributed by atoms with van der Waals surface area (Å²) in [7, 11) is 0. The first-order chi connectivity index (χ1) is 12.8. The summed E-state index contributed by atoms with van der Waals surface area (Å²) in [6.07, 6.45) is 5.79. The van der Waals surface area contributed by atoms with Crippen molar-refractivity contribution in [2.45, 2.75) is 19.5 Å². The highest BCUT2D eigenvalue weighted by Crippen LogP contribution is 2.20. The minimum atomic E-state index is -0.0317. The maximum absolute atomic E-state index is 12.7. The number of aromatic nitrogens is 3. The zero-order chi connectivity index (χ0) is 17.8. The van der Waals surface area contributed by atoms with Crippen LogP contribution in [0.5, 0.6) is 0 Å². The van der Waals surface area contributed by atoms with E-state index in [1.807, 2.05) is 35.2 Å². The predicted octanol–water partition coefficient (Wildman–Crippen LogP) is 2.68. The van der Waals surface area contributed by atoms with Crippen LogP contribution in [0.3, 0.4) is 0 Å². The summed E-state index contributed by atoms with van der Waals surface area (Å²) >= 11 is 0. The van der Waals surface area contributed by atoms with Crippen molar-refractivity contribution in [3.8, 4) is 0 Å². The minimum Gasteiger partial charge on any atom is -0.349 e. The van der Waals surface area contributed by atoms with Crippen molar-refractivity contribution in [2.75, 3.05) is 11.9 Å². The van der Waals surface area contributed by atoms with Gasteiger partial charge in [-0.25, -0.2) is 9.97 Å². The molecule has 2 aromatic heterocycles. The van der Waals surface area contributed by atoms with Crippen molar-refractivity contribution in [3.63, 3.8) is 0 Å². The molecule has 6 nitrogen and oxygen atoms in total. The van der Waals surface area contributed by atoms with Gasteiger partial charge in [0.1, 0.15) is 0 Å². The van der Waals surface area contributed by atoms with Crippen molar-refractivity contribution >= 4 is 11.9 Å². The van der Waals surface area contributed by atoms with Crippen molar-refractivity contribution in [3.05, 3.63) is 83.4 Å². The molecule has 0 saturated heterocycles. The van der Waals surface area contributed by atoms with Crippen LogP contribution in [0.15, 0.2) is 61.1 Å². The Hall–Kier alpha value is -3.28. The van der Waals surface area contributed by atoms with Gasteiger partial charge in [0.25, 0.3) is 5.91 Å². The van der Waals surface area contributed by atoms with E-state index in [0.717, 1.165) is 18.7 Å². The number of carbonyl (C=O) groups is 1. The molecule has 0 aliphatic carbocycles. The largest absolute Gasteiger partial charge is 0.349 e. The first-order valence-electron chi connectivity index (χ1n) is 8.61. The monoisotopic (exact) mass is 345 g/mol. The summed E-state index contributed by atoms with van der Waals surface area (Å²) in [5.74, 6) is 0.451. The second-order valence-electron chi connectivity index (χ2n) is 6.22. The number of nitrogens with one attached hydrogen (secondary N) is 1. The Balaban J connectivity index is 1.40. The summed E-state index contributed by atoms with van der Waals surface area (Å²) < 4.78 is 0. The molecule has 0 fully saturated rings. The fourth-order valence-electron chi connectivity index (χ4n) is 3.05. The Bertz CT molecular complexity index is 896. The molecule has 0 spiro atoms. The predicted molar refractivity (Wildman–Crippen MR) is 98.5 cm³/mol. The summed E-state index contributed by atoms with van der Waals surface area (Å²) in [5.41, 5.74) is 3.94. The van der Waals surface area contributed by atoms with Crippen molar-refractivity contribution in [1.82, 2.24) is 19.9 Å². The lowest BCUT2D eigenvalue weighted by Gasteiger charge is -2.28. The van der Waals surface area contributed by atoms with Crippen LogP contribution in [-0.4, -0.2) is 32.3 Å². The molecule has 3 heterocycles. The molecule has 130 valence electrons. The smallest absolute Gasteiger partial charge is 0.257 e. The molecule has 0 saturated carbocycles. The number of benzene rings is 1. The van der Waals surface area contributed by atoms with Crippen molar-refractivity contribution < 1.29 is 4.79 Å². The van der Waals surface area contributed by atoms with Gasteiger partial charge in [0.2, 0.25) is 5.95 Å². The molecule has 1 amide bonds. The lowest BCUT2D eigenvalue weighted by atomic mass is 9.99. The molecule has 1 N–H and O–H groups in total. The normalized spacial score (nSPS) is 13.2. The Morgan fingerprint density at radius 1 is 1.00 bits per heavy atom. The third-order valence-electron chi connectivity index (χ3n) is 4.47. The van der Waals surface area contributed by atoms with Crippen LogP contribution >= 0.6 is 0 Å². The number of nitrogens with zero attached hydrogens (tertiary/aromatic N) is 4. The van der Waals surface area contributed by atoms with Gasteiger partial charge < -0.3 is 10.2 Å². The average Bonchev–Trinajstić information content (AvgIpc) is 2.72. The highest BCUT2D eigenvalue weighted by molar-refractivity contribution is 5.93. The Morgan fingerprint density at radius 3 is 2.54 bits per heavy atom. The summed E-state index contributed by atoms with van der Waals surface area (Å²) in [6.45, 7) is 1.89. The fourth-order valence-corrected chi connectivity index (χ4v) is 3.05. The van der Waals surface area contributed by atoms with E-state index in [0.29, 0.717) is 24.6 Å². The van der Waals surface area contributed by atoms with E-state index in [-0.39, 0.29) is 5.91 Å². The third kappa shape index (κ3) is 3.54. The van der Waals surface area contributed by atoms with E-state index in [9.17, 15) is 4.79 Å². The van der Waals surface area contributed by atoms with Crippen LogP contribution in [-0.2, 0) is 19.5 Å². The number of amides is 1. The van der Waals surface area contributed by atoms with Crippen LogP contribution in [0.1, 0.15) is 27.2 Å². The molecule has 26 heavy (non-hydrogen) atoms. The molecule has 0 radical (unpaired) electrons. The van der Waals surface area contributed by atoms with E-state index in [1.165, 1.54) is 11.1 Å². The van der Waals surface area contributed by atoms with Crippen molar-refractivity contribution in [1.29, 1.82) is 0 Å². The van der Waals surface area contributed by atoms with E-state index >= 15 is 0 Å². The van der Waals surface area contributed by atoms with E-state index in [1.54, 1.807) is 18.6 Å². The van der Waals surface area contributed by atoms with Gasteiger partial charge in [-0.15, -0.1) is 0 Å². The van der Waals surface area contributed by atoms with Crippen LogP contribution in [0.4, 0.5) is 5.95 Å². The summed E-state index contributed by atoms with van der Waals surface area (Å²) in [4.78, 5) is 27.3. The standard InChI is InChI=1S/C20H19N5O/c26-19(25-10-8-15-5-1-2-6-16(15)14-25)17-11-22-20(23-12-17)24-13-18-7-3-4-9-21-18/h1-7,9,11-12H,8,10,13-14H2,(H,22,23,24). The molecule has 3 aromatic rings. The number of rotatable bonds is 4. The zero-order valence-electron chi connectivity index (χ0n) is 14.3. The second kappa shape index (κ2) is 7.31. The first kappa shape index (κ1) is 16.2. The van der Waals surface area contributed by atoms with Gasteiger partial charge in [-0.3, -0.25) is 9.78 Å². The van der Waals surface area contributed by atoms with Crippen LogP contribution < -0.4 is 5.32 Å². The molecule has 1 aliphatic heterocycles. The third-order valence-corrected chi connectivity index (χ3v) is 4.47. The van der Waals surface area contributed by atoms with Crippen molar-refractivity contribution in [2.24, 2.45) is 0 Å². The SMILES string of the molecule is O=C(c1cnc(NCc2ccccn2)nc1)N1CCc2ccccc2C1. The highest BCUT2D eigenvalue weighted by Gasteiger charge is 2.21. The fraction of sp³-hybridized carbons (Fsp3) is 0.200. The van der Waals surface area contributed by atoms with E-state index in [4.69, 9.17) is 0 Å². The van der Waals surface area contributed by atoms with Gasteiger partial charge in [-0.05, 0) is 29.7 Å². The highest BCUT2D eigenvalue weighted by atomic mass is 16.2. The summed E-state index contributed by atoms with van der Waals surface area (Å²) in [6, 6.07) is 14.0. The molecular weight excluding hydrogens is 326 g/mol. The lowest BCUT2D eigenvalue weighted by molar-refractivity contribution is 0.0734. The van der Waals surface area contributed by atoms with E-state index < -0.39 is 0 Å². The van der Waals surface area contributed by atoms with E-state index in [2.05, 4.69) is 32.4 Å². The van der Waals surface area contributed by atoms with Gasteiger partial charge >= 0.3 is 0 Å². The Morgan fingerprint density at radius 2 is 1.77 bits per heavy atom. The molecule has 1 aliphatic rings. The van der Waals surface area contributed by atoms with Crippen LogP contribution in [0.25, 0.3) is 0 Å². The lowest BCUT2D eigenvalue weighted by Crippen LogP contribution is -2.36. The topological polar surface area (TPSA) is 71.0 Å².